The van der Waals surface area contributed by atoms with E-state index in [9.17, 15) is 4.79 Å². The summed E-state index contributed by atoms with van der Waals surface area (Å²) < 4.78 is 2.04. The van der Waals surface area contributed by atoms with Crippen LogP contribution in [0.4, 0.5) is 0 Å². The average molecular weight is 284 g/mol. The number of carbonyl (C=O) groups excluding carboxylic acids is 1. The van der Waals surface area contributed by atoms with E-state index in [4.69, 9.17) is 0 Å². The van der Waals surface area contributed by atoms with Crippen molar-refractivity contribution >= 4 is 5.91 Å². The summed E-state index contributed by atoms with van der Waals surface area (Å²) in [4.78, 5) is 18.6. The molecule has 0 unspecified atom stereocenters. The van der Waals surface area contributed by atoms with Crippen molar-refractivity contribution in [1.29, 1.82) is 0 Å². The molecule has 110 valence electrons. The predicted molar refractivity (Wildman–Crippen MR) is 79.8 cm³/mol. The van der Waals surface area contributed by atoms with Gasteiger partial charge in [0.05, 0.1) is 30.0 Å². The minimum absolute atomic E-state index is 0.0696. The molecule has 1 amide bonds. The Morgan fingerprint density at radius 3 is 2.86 bits per heavy atom. The highest BCUT2D eigenvalue weighted by Crippen LogP contribution is 2.24. The molecule has 1 aliphatic heterocycles. The van der Waals surface area contributed by atoms with Crippen molar-refractivity contribution in [1.82, 2.24) is 19.7 Å². The van der Waals surface area contributed by atoms with Crippen molar-refractivity contribution in [3.8, 4) is 0 Å². The summed E-state index contributed by atoms with van der Waals surface area (Å²) in [5.41, 5.74) is 4.93. The molecule has 5 heteroatoms. The Kier molecular flexibility index (Phi) is 3.49. The molecule has 0 fully saturated rings. The fourth-order valence-corrected chi connectivity index (χ4v) is 2.89. The second kappa shape index (κ2) is 5.31. The first-order valence-electron chi connectivity index (χ1n) is 7.37. The molecule has 2 aromatic rings. The van der Waals surface area contributed by atoms with Crippen LogP contribution in [0.25, 0.3) is 0 Å². The zero-order valence-electron chi connectivity index (χ0n) is 12.8. The van der Waals surface area contributed by atoms with Gasteiger partial charge in [-0.2, -0.15) is 5.10 Å². The van der Waals surface area contributed by atoms with Crippen LogP contribution in [-0.4, -0.2) is 25.6 Å². The zero-order valence-corrected chi connectivity index (χ0v) is 12.8. The Balaban J connectivity index is 1.85. The van der Waals surface area contributed by atoms with Crippen LogP contribution in [0.1, 0.15) is 46.3 Å². The first-order valence-corrected chi connectivity index (χ1v) is 7.37. The van der Waals surface area contributed by atoms with Gasteiger partial charge in [-0.25, -0.2) is 0 Å². The summed E-state index contributed by atoms with van der Waals surface area (Å²) in [6.07, 6.45) is 2.80. The van der Waals surface area contributed by atoms with E-state index in [0.29, 0.717) is 13.1 Å². The molecule has 5 nitrogen and oxygen atoms in total. The first-order chi connectivity index (χ1) is 10.1. The van der Waals surface area contributed by atoms with E-state index >= 15 is 0 Å². The van der Waals surface area contributed by atoms with Gasteiger partial charge in [0, 0.05) is 24.0 Å². The van der Waals surface area contributed by atoms with Crippen LogP contribution >= 0.6 is 0 Å². The topological polar surface area (TPSA) is 51.0 Å². The van der Waals surface area contributed by atoms with Gasteiger partial charge in [0.1, 0.15) is 0 Å². The lowest BCUT2D eigenvalue weighted by molar-refractivity contribution is 0.0766. The second-order valence-electron chi connectivity index (χ2n) is 5.53. The van der Waals surface area contributed by atoms with Gasteiger partial charge in [-0.05, 0) is 32.4 Å². The van der Waals surface area contributed by atoms with E-state index in [1.54, 1.807) is 6.20 Å². The lowest BCUT2D eigenvalue weighted by Gasteiger charge is -2.15. The Hall–Kier alpha value is -2.17. The van der Waals surface area contributed by atoms with Crippen molar-refractivity contribution in [2.24, 2.45) is 0 Å². The lowest BCUT2D eigenvalue weighted by Crippen LogP contribution is -2.24. The fourth-order valence-electron chi connectivity index (χ4n) is 2.89. The highest BCUT2D eigenvalue weighted by Gasteiger charge is 2.29. The van der Waals surface area contributed by atoms with E-state index < -0.39 is 0 Å². The van der Waals surface area contributed by atoms with Crippen molar-refractivity contribution in [3.05, 3.63) is 46.5 Å². The van der Waals surface area contributed by atoms with Gasteiger partial charge >= 0.3 is 0 Å². The number of carbonyl (C=O) groups is 1. The molecular formula is C16H20N4O. The van der Waals surface area contributed by atoms with Gasteiger partial charge < -0.3 is 4.90 Å². The number of hydrogen-bond acceptors (Lipinski definition) is 3. The second-order valence-corrected chi connectivity index (χ2v) is 5.53. The SMILES string of the molecule is CCCn1nc(C)c(CN2Cc3ncccc3C2=O)c1C. The maximum absolute atomic E-state index is 12.4. The minimum Gasteiger partial charge on any atom is -0.328 e. The molecule has 0 N–H and O–H groups in total. The van der Waals surface area contributed by atoms with E-state index in [0.717, 1.165) is 41.2 Å². The number of pyridine rings is 1. The Bertz CT molecular complexity index is 690. The molecule has 0 saturated heterocycles. The maximum atomic E-state index is 12.4. The molecule has 0 atom stereocenters. The Labute approximate surface area is 124 Å². The average Bonchev–Trinajstić information content (AvgIpc) is 2.93. The largest absolute Gasteiger partial charge is 0.328 e. The van der Waals surface area contributed by atoms with Crippen LogP contribution in [0, 0.1) is 13.8 Å². The highest BCUT2D eigenvalue weighted by atomic mass is 16.2. The normalized spacial score (nSPS) is 13.9. The minimum atomic E-state index is 0.0696. The molecule has 3 heterocycles. The molecule has 0 spiro atoms. The molecule has 1 aliphatic rings. The third kappa shape index (κ3) is 2.33. The summed E-state index contributed by atoms with van der Waals surface area (Å²) in [7, 11) is 0. The predicted octanol–water partition coefficient (Wildman–Crippen LogP) is 2.46. The molecule has 0 radical (unpaired) electrons. The molecular weight excluding hydrogens is 264 g/mol. The number of amides is 1. The lowest BCUT2D eigenvalue weighted by atomic mass is 10.2. The van der Waals surface area contributed by atoms with E-state index in [1.807, 2.05) is 28.6 Å². The van der Waals surface area contributed by atoms with E-state index in [2.05, 4.69) is 23.9 Å². The smallest absolute Gasteiger partial charge is 0.256 e. The number of hydrogen-bond donors (Lipinski definition) is 0. The summed E-state index contributed by atoms with van der Waals surface area (Å²) in [6.45, 7) is 8.35. The van der Waals surface area contributed by atoms with Gasteiger partial charge in [-0.1, -0.05) is 6.92 Å². The number of nitrogens with zero attached hydrogens (tertiary/aromatic N) is 4. The van der Waals surface area contributed by atoms with Crippen LogP contribution < -0.4 is 0 Å². The van der Waals surface area contributed by atoms with Crippen molar-refractivity contribution < 1.29 is 4.79 Å². The van der Waals surface area contributed by atoms with Gasteiger partial charge in [0.15, 0.2) is 0 Å². The third-order valence-electron chi connectivity index (χ3n) is 4.06. The molecule has 2 aromatic heterocycles. The number of aromatic nitrogens is 3. The number of fused-ring (bicyclic) bond motifs is 1. The van der Waals surface area contributed by atoms with Crippen LogP contribution in [-0.2, 0) is 19.6 Å². The standard InChI is InChI=1S/C16H20N4O/c1-4-8-20-12(3)14(11(2)18-20)9-19-10-15-13(16(19)21)6-5-7-17-15/h5-7H,4,8-10H2,1-3H3. The molecule has 21 heavy (non-hydrogen) atoms. The molecule has 0 saturated carbocycles. The van der Waals surface area contributed by atoms with Gasteiger partial charge in [-0.15, -0.1) is 0 Å². The Morgan fingerprint density at radius 1 is 1.33 bits per heavy atom. The molecule has 0 aliphatic carbocycles. The summed E-state index contributed by atoms with van der Waals surface area (Å²) in [5, 5.41) is 4.58. The van der Waals surface area contributed by atoms with Crippen LogP contribution in [0.5, 0.6) is 0 Å². The van der Waals surface area contributed by atoms with Crippen LogP contribution in [0.2, 0.25) is 0 Å². The molecule has 3 rings (SSSR count). The van der Waals surface area contributed by atoms with Crippen LogP contribution in [0.3, 0.4) is 0 Å². The van der Waals surface area contributed by atoms with Crippen molar-refractivity contribution in [2.45, 2.75) is 46.8 Å². The third-order valence-corrected chi connectivity index (χ3v) is 4.06. The van der Waals surface area contributed by atoms with E-state index in [1.165, 1.54) is 0 Å². The summed E-state index contributed by atoms with van der Waals surface area (Å²) in [6, 6.07) is 3.67. The first kappa shape index (κ1) is 13.8. The van der Waals surface area contributed by atoms with Crippen molar-refractivity contribution in [3.63, 3.8) is 0 Å². The maximum Gasteiger partial charge on any atom is 0.256 e. The quantitative estimate of drug-likeness (QED) is 0.866. The summed E-state index contributed by atoms with van der Waals surface area (Å²) in [5.74, 6) is 0.0696. The van der Waals surface area contributed by atoms with Gasteiger partial charge in [-0.3, -0.25) is 14.5 Å². The van der Waals surface area contributed by atoms with Gasteiger partial charge in [0.2, 0.25) is 0 Å². The molecule has 0 bridgehead atoms. The number of aryl methyl sites for hydroxylation is 2. The fraction of sp³-hybridized carbons (Fsp3) is 0.438. The van der Waals surface area contributed by atoms with Crippen molar-refractivity contribution in [2.75, 3.05) is 0 Å². The van der Waals surface area contributed by atoms with Gasteiger partial charge in [0.25, 0.3) is 5.91 Å². The summed E-state index contributed by atoms with van der Waals surface area (Å²) >= 11 is 0. The molecule has 0 aromatic carbocycles. The zero-order chi connectivity index (χ0) is 15.0. The Morgan fingerprint density at radius 2 is 2.14 bits per heavy atom. The van der Waals surface area contributed by atoms with Crippen LogP contribution in [0.15, 0.2) is 18.3 Å². The number of rotatable bonds is 4. The monoisotopic (exact) mass is 284 g/mol. The highest BCUT2D eigenvalue weighted by molar-refractivity contribution is 5.97. The van der Waals surface area contributed by atoms with E-state index in [-0.39, 0.29) is 5.91 Å².